The number of nitrogens with zero attached hydrogens (tertiary/aromatic N) is 3. The van der Waals surface area contributed by atoms with Crippen LogP contribution in [0.2, 0.25) is 0 Å². The summed E-state index contributed by atoms with van der Waals surface area (Å²) >= 11 is 0. The van der Waals surface area contributed by atoms with Crippen molar-refractivity contribution in [3.8, 4) is 0 Å². The summed E-state index contributed by atoms with van der Waals surface area (Å²) in [7, 11) is 0. The molecule has 1 N–H and O–H groups in total. The van der Waals surface area contributed by atoms with E-state index in [0.717, 1.165) is 25.2 Å². The quantitative estimate of drug-likeness (QED) is 0.854. The molecule has 1 aliphatic rings. The molecule has 0 bridgehead atoms. The fraction of sp³-hybridized carbons (Fsp3) is 0.333. The van der Waals surface area contributed by atoms with Crippen LogP contribution >= 0.6 is 0 Å². The molecule has 1 fully saturated rings. The van der Waals surface area contributed by atoms with E-state index in [9.17, 15) is 4.79 Å². The highest BCUT2D eigenvalue weighted by Gasteiger charge is 2.21. The van der Waals surface area contributed by atoms with E-state index in [1.54, 1.807) is 4.90 Å². The molecule has 1 aromatic heterocycles. The number of hydrogen-bond acceptors (Lipinski definition) is 4. The maximum atomic E-state index is 12.1. The van der Waals surface area contributed by atoms with Gasteiger partial charge in [-0.15, -0.1) is 0 Å². The zero-order chi connectivity index (χ0) is 16.6. The molecule has 0 spiro atoms. The smallest absolute Gasteiger partial charge is 0.320 e. The van der Waals surface area contributed by atoms with Gasteiger partial charge in [0, 0.05) is 45.1 Å². The average Bonchev–Trinajstić information content (AvgIpc) is 2.64. The zero-order valence-electron chi connectivity index (χ0n) is 13.6. The predicted molar refractivity (Wildman–Crippen MR) is 90.8 cm³/mol. The Kier molecular flexibility index (Phi) is 5.76. The van der Waals surface area contributed by atoms with Gasteiger partial charge in [0.25, 0.3) is 0 Å². The summed E-state index contributed by atoms with van der Waals surface area (Å²) < 4.78 is 0. The van der Waals surface area contributed by atoms with Crippen molar-refractivity contribution in [3.63, 3.8) is 0 Å². The van der Waals surface area contributed by atoms with Crippen LogP contribution in [0, 0.1) is 0 Å². The van der Waals surface area contributed by atoms with Crippen molar-refractivity contribution in [2.75, 3.05) is 26.2 Å². The van der Waals surface area contributed by atoms with Gasteiger partial charge in [0.15, 0.2) is 0 Å². The highest BCUT2D eigenvalue weighted by atomic mass is 16.7. The lowest BCUT2D eigenvalue weighted by Gasteiger charge is -2.34. The van der Waals surface area contributed by atoms with Crippen LogP contribution in [-0.2, 0) is 18.0 Å². The molecule has 2 aromatic rings. The maximum Gasteiger partial charge on any atom is 0.341 e. The molecule has 6 heteroatoms. The molecular formula is C18H22N4O2. The van der Waals surface area contributed by atoms with E-state index in [1.165, 1.54) is 5.56 Å². The third-order valence-corrected chi connectivity index (χ3v) is 4.06. The predicted octanol–water partition coefficient (Wildman–Crippen LogP) is 2.04. The second-order valence-corrected chi connectivity index (χ2v) is 5.80. The Bertz CT molecular complexity index is 628. The molecule has 0 atom stereocenters. The number of rotatable bonds is 5. The number of hydroxylamine groups is 1. The highest BCUT2D eigenvalue weighted by molar-refractivity contribution is 5.73. The van der Waals surface area contributed by atoms with Crippen molar-refractivity contribution < 1.29 is 9.63 Å². The largest absolute Gasteiger partial charge is 0.341 e. The molecule has 3 rings (SSSR count). The number of amides is 2. The lowest BCUT2D eigenvalue weighted by molar-refractivity contribution is 0.0299. The minimum atomic E-state index is -0.172. The molecule has 0 unspecified atom stereocenters. The molecule has 126 valence electrons. The Morgan fingerprint density at radius 1 is 1.00 bits per heavy atom. The van der Waals surface area contributed by atoms with E-state index in [-0.39, 0.29) is 6.03 Å². The summed E-state index contributed by atoms with van der Waals surface area (Å²) in [5.41, 5.74) is 4.80. The van der Waals surface area contributed by atoms with Gasteiger partial charge < -0.3 is 4.90 Å². The summed E-state index contributed by atoms with van der Waals surface area (Å²) in [6, 6.07) is 13.6. The Labute approximate surface area is 142 Å². The number of carbonyl (C=O) groups is 1. The fourth-order valence-electron chi connectivity index (χ4n) is 2.68. The van der Waals surface area contributed by atoms with Crippen LogP contribution in [-0.4, -0.2) is 47.0 Å². The first-order chi connectivity index (χ1) is 11.8. The number of urea groups is 1. The van der Waals surface area contributed by atoms with E-state index < -0.39 is 0 Å². The van der Waals surface area contributed by atoms with Gasteiger partial charge >= 0.3 is 6.03 Å². The Morgan fingerprint density at radius 3 is 2.42 bits per heavy atom. The second-order valence-electron chi connectivity index (χ2n) is 5.80. The summed E-state index contributed by atoms with van der Waals surface area (Å²) in [6.45, 7) is 4.37. The molecular weight excluding hydrogens is 304 g/mol. The Balaban J connectivity index is 1.37. The number of pyridine rings is 1. The van der Waals surface area contributed by atoms with Gasteiger partial charge in [0.05, 0.1) is 6.61 Å². The molecule has 0 aliphatic carbocycles. The van der Waals surface area contributed by atoms with Crippen LogP contribution in [0.4, 0.5) is 4.79 Å². The highest BCUT2D eigenvalue weighted by Crippen LogP contribution is 2.08. The van der Waals surface area contributed by atoms with Gasteiger partial charge in [-0.2, -0.15) is 0 Å². The number of piperazine rings is 1. The molecule has 2 amide bonds. The van der Waals surface area contributed by atoms with E-state index in [2.05, 4.69) is 15.4 Å². The molecule has 1 aliphatic heterocycles. The molecule has 24 heavy (non-hydrogen) atoms. The van der Waals surface area contributed by atoms with E-state index in [4.69, 9.17) is 4.84 Å². The third kappa shape index (κ3) is 4.78. The van der Waals surface area contributed by atoms with Gasteiger partial charge in [0.2, 0.25) is 0 Å². The number of nitrogens with one attached hydrogen (secondary N) is 1. The van der Waals surface area contributed by atoms with Crippen molar-refractivity contribution in [3.05, 3.63) is 66.0 Å². The number of aromatic nitrogens is 1. The van der Waals surface area contributed by atoms with E-state index >= 15 is 0 Å². The van der Waals surface area contributed by atoms with Gasteiger partial charge in [-0.1, -0.05) is 30.3 Å². The van der Waals surface area contributed by atoms with Crippen LogP contribution in [0.1, 0.15) is 11.1 Å². The van der Waals surface area contributed by atoms with Crippen LogP contribution in [0.3, 0.4) is 0 Å². The first-order valence-corrected chi connectivity index (χ1v) is 8.13. The Morgan fingerprint density at radius 2 is 1.71 bits per heavy atom. The summed E-state index contributed by atoms with van der Waals surface area (Å²) in [5, 5.41) is 0. The average molecular weight is 326 g/mol. The summed E-state index contributed by atoms with van der Waals surface area (Å²) in [6.07, 6.45) is 3.62. The summed E-state index contributed by atoms with van der Waals surface area (Å²) in [5.74, 6) is 0. The van der Waals surface area contributed by atoms with Crippen molar-refractivity contribution in [1.82, 2.24) is 20.3 Å². The second kappa shape index (κ2) is 8.42. The van der Waals surface area contributed by atoms with E-state index in [1.807, 2.05) is 54.9 Å². The van der Waals surface area contributed by atoms with Gasteiger partial charge in [-0.3, -0.25) is 14.7 Å². The van der Waals surface area contributed by atoms with Crippen LogP contribution in [0.15, 0.2) is 54.9 Å². The van der Waals surface area contributed by atoms with E-state index in [0.29, 0.717) is 19.7 Å². The number of benzene rings is 1. The monoisotopic (exact) mass is 326 g/mol. The normalized spacial score (nSPS) is 15.2. The van der Waals surface area contributed by atoms with Crippen molar-refractivity contribution in [2.24, 2.45) is 0 Å². The molecule has 6 nitrogen and oxygen atoms in total. The van der Waals surface area contributed by atoms with Gasteiger partial charge in [-0.25, -0.2) is 10.3 Å². The van der Waals surface area contributed by atoms with Crippen molar-refractivity contribution in [2.45, 2.75) is 13.2 Å². The molecule has 0 radical (unpaired) electrons. The minimum Gasteiger partial charge on any atom is -0.320 e. The number of carbonyl (C=O) groups excluding carboxylic acids is 1. The lowest BCUT2D eigenvalue weighted by Crippen LogP contribution is -2.51. The van der Waals surface area contributed by atoms with Crippen LogP contribution < -0.4 is 5.48 Å². The van der Waals surface area contributed by atoms with Crippen molar-refractivity contribution in [1.29, 1.82) is 0 Å². The Hall–Kier alpha value is -2.44. The van der Waals surface area contributed by atoms with Crippen LogP contribution in [0.25, 0.3) is 0 Å². The first kappa shape index (κ1) is 16.4. The molecule has 2 heterocycles. The summed E-state index contributed by atoms with van der Waals surface area (Å²) in [4.78, 5) is 25.6. The maximum absolute atomic E-state index is 12.1. The molecule has 1 saturated heterocycles. The minimum absolute atomic E-state index is 0.172. The lowest BCUT2D eigenvalue weighted by atomic mass is 10.2. The number of hydrogen-bond donors (Lipinski definition) is 1. The zero-order valence-corrected chi connectivity index (χ0v) is 13.6. The SMILES string of the molecule is O=C(NOCc1ccccc1)N1CCN(Cc2ccncc2)CC1. The first-order valence-electron chi connectivity index (χ1n) is 8.13. The van der Waals surface area contributed by atoms with Gasteiger partial charge in [0.1, 0.15) is 0 Å². The standard InChI is InChI=1S/C18H22N4O2/c23-18(20-24-15-17-4-2-1-3-5-17)22-12-10-21(11-13-22)14-16-6-8-19-9-7-16/h1-9H,10-15H2,(H,20,23). The topological polar surface area (TPSA) is 57.7 Å². The third-order valence-electron chi connectivity index (χ3n) is 4.06. The fourth-order valence-corrected chi connectivity index (χ4v) is 2.68. The van der Waals surface area contributed by atoms with Crippen molar-refractivity contribution >= 4 is 6.03 Å². The van der Waals surface area contributed by atoms with Crippen LogP contribution in [0.5, 0.6) is 0 Å². The molecule has 0 saturated carbocycles. The van der Waals surface area contributed by atoms with Gasteiger partial charge in [-0.05, 0) is 23.3 Å². The molecule has 1 aromatic carbocycles.